The molecule has 0 atom stereocenters. The number of thiophene rings is 1. The molecule has 50 heavy (non-hydrogen) atoms. The standard InChI is InChI=1S/C45H27N3OS/c1-2-9-30(10-3-1)45-47-38(29-18-16-28(17-19-29)32-11-8-24-46-27-32)26-39(48-45)35-22-21-33(43-36-13-4-6-14-40(36)49-44(35)43)31-20-23-42-37(25-31)34-12-5-7-15-41(34)50-42/h1-27H. The van der Waals surface area contributed by atoms with E-state index in [1.165, 1.54) is 20.2 Å². The van der Waals surface area contributed by atoms with Crippen molar-refractivity contribution >= 4 is 53.4 Å². The largest absolute Gasteiger partial charge is 0.455 e. The van der Waals surface area contributed by atoms with Gasteiger partial charge in [0.25, 0.3) is 0 Å². The van der Waals surface area contributed by atoms with Crippen LogP contribution < -0.4 is 0 Å². The van der Waals surface area contributed by atoms with E-state index in [2.05, 4.69) is 120 Å². The van der Waals surface area contributed by atoms with Gasteiger partial charge in [-0.25, -0.2) is 9.97 Å². The van der Waals surface area contributed by atoms with Crippen molar-refractivity contribution in [2.45, 2.75) is 0 Å². The maximum atomic E-state index is 6.73. The lowest BCUT2D eigenvalue weighted by molar-refractivity contribution is 0.670. The van der Waals surface area contributed by atoms with E-state index < -0.39 is 0 Å². The summed E-state index contributed by atoms with van der Waals surface area (Å²) in [5.41, 5.74) is 10.7. The van der Waals surface area contributed by atoms with Crippen molar-refractivity contribution in [1.82, 2.24) is 15.0 Å². The number of fused-ring (bicyclic) bond motifs is 6. The number of nitrogens with zero attached hydrogens (tertiary/aromatic N) is 3. The number of benzene rings is 6. The molecule has 10 aromatic rings. The zero-order valence-corrected chi connectivity index (χ0v) is 27.6. The van der Waals surface area contributed by atoms with Gasteiger partial charge in [-0.1, -0.05) is 109 Å². The summed E-state index contributed by atoms with van der Waals surface area (Å²) in [6, 6.07) is 52.9. The molecular weight excluding hydrogens is 631 g/mol. The molecule has 0 saturated heterocycles. The molecule has 0 bridgehead atoms. The predicted octanol–water partition coefficient (Wildman–Crippen LogP) is 12.5. The third kappa shape index (κ3) is 4.79. The Morgan fingerprint density at radius 2 is 1.16 bits per heavy atom. The molecule has 4 heterocycles. The highest BCUT2D eigenvalue weighted by molar-refractivity contribution is 7.25. The minimum Gasteiger partial charge on any atom is -0.455 e. The van der Waals surface area contributed by atoms with Gasteiger partial charge in [0.2, 0.25) is 0 Å². The number of furan rings is 1. The van der Waals surface area contributed by atoms with E-state index in [4.69, 9.17) is 14.4 Å². The van der Waals surface area contributed by atoms with E-state index in [1.54, 1.807) is 6.20 Å². The van der Waals surface area contributed by atoms with Gasteiger partial charge >= 0.3 is 0 Å². The van der Waals surface area contributed by atoms with Crippen LogP contribution in [0.2, 0.25) is 0 Å². The number of hydrogen-bond acceptors (Lipinski definition) is 5. The molecule has 0 unspecified atom stereocenters. The second kappa shape index (κ2) is 11.6. The van der Waals surface area contributed by atoms with Crippen molar-refractivity contribution in [3.05, 3.63) is 164 Å². The average molecular weight is 658 g/mol. The molecule has 0 aliphatic rings. The van der Waals surface area contributed by atoms with Crippen molar-refractivity contribution in [1.29, 1.82) is 0 Å². The maximum Gasteiger partial charge on any atom is 0.160 e. The average Bonchev–Trinajstić information content (AvgIpc) is 3.77. The van der Waals surface area contributed by atoms with Gasteiger partial charge in [-0.3, -0.25) is 4.98 Å². The SMILES string of the molecule is c1ccc(-c2nc(-c3ccc(-c4cccnc4)cc3)cc(-c3ccc(-c4ccc5sc6ccccc6c5c4)c4c3oc3ccccc34)n2)cc1. The lowest BCUT2D eigenvalue weighted by atomic mass is 9.95. The Labute approximate surface area is 292 Å². The van der Waals surface area contributed by atoms with Crippen LogP contribution in [0.3, 0.4) is 0 Å². The Bertz CT molecular complexity index is 2860. The number of para-hydroxylation sites is 1. The van der Waals surface area contributed by atoms with E-state index in [0.717, 1.165) is 72.3 Å². The Balaban J connectivity index is 1.18. The van der Waals surface area contributed by atoms with Gasteiger partial charge < -0.3 is 4.42 Å². The van der Waals surface area contributed by atoms with Crippen LogP contribution in [0.1, 0.15) is 0 Å². The molecular formula is C45H27N3OS. The summed E-state index contributed by atoms with van der Waals surface area (Å²) in [4.78, 5) is 14.6. The quantitative estimate of drug-likeness (QED) is 0.185. The summed E-state index contributed by atoms with van der Waals surface area (Å²) >= 11 is 1.84. The van der Waals surface area contributed by atoms with E-state index in [1.807, 2.05) is 53.9 Å². The minimum atomic E-state index is 0.664. The topological polar surface area (TPSA) is 51.8 Å². The van der Waals surface area contributed by atoms with Crippen LogP contribution in [0.15, 0.2) is 168 Å². The number of hydrogen-bond donors (Lipinski definition) is 0. The summed E-state index contributed by atoms with van der Waals surface area (Å²) in [7, 11) is 0. The normalized spacial score (nSPS) is 11.6. The lowest BCUT2D eigenvalue weighted by Gasteiger charge is -2.12. The summed E-state index contributed by atoms with van der Waals surface area (Å²) < 4.78 is 9.32. The molecule has 6 aromatic carbocycles. The Kier molecular flexibility index (Phi) is 6.64. The van der Waals surface area contributed by atoms with Crippen LogP contribution in [-0.4, -0.2) is 15.0 Å². The van der Waals surface area contributed by atoms with Crippen molar-refractivity contribution in [3.63, 3.8) is 0 Å². The molecule has 234 valence electrons. The molecule has 4 nitrogen and oxygen atoms in total. The van der Waals surface area contributed by atoms with Crippen molar-refractivity contribution in [2.75, 3.05) is 0 Å². The fourth-order valence-corrected chi connectivity index (χ4v) is 8.07. The molecule has 0 saturated carbocycles. The zero-order chi connectivity index (χ0) is 33.0. The molecule has 0 N–H and O–H groups in total. The monoisotopic (exact) mass is 657 g/mol. The van der Waals surface area contributed by atoms with Gasteiger partial charge in [0, 0.05) is 60.0 Å². The molecule has 0 spiro atoms. The summed E-state index contributed by atoms with van der Waals surface area (Å²) in [6.45, 7) is 0. The Hall–Kier alpha value is -6.43. The number of rotatable bonds is 5. The molecule has 4 aromatic heterocycles. The fourth-order valence-electron chi connectivity index (χ4n) is 6.98. The predicted molar refractivity (Wildman–Crippen MR) is 207 cm³/mol. The molecule has 0 aliphatic carbocycles. The van der Waals surface area contributed by atoms with Crippen LogP contribution in [0.4, 0.5) is 0 Å². The van der Waals surface area contributed by atoms with Crippen LogP contribution in [0.5, 0.6) is 0 Å². The van der Waals surface area contributed by atoms with Gasteiger partial charge in [0.15, 0.2) is 5.82 Å². The smallest absolute Gasteiger partial charge is 0.160 e. The van der Waals surface area contributed by atoms with Crippen molar-refractivity contribution in [3.8, 4) is 56.2 Å². The number of pyridine rings is 1. The van der Waals surface area contributed by atoms with Crippen molar-refractivity contribution in [2.24, 2.45) is 0 Å². The summed E-state index contributed by atoms with van der Waals surface area (Å²) in [5.74, 6) is 0.664. The molecule has 0 fully saturated rings. The first kappa shape index (κ1) is 28.6. The maximum absolute atomic E-state index is 6.73. The molecule has 0 amide bonds. The molecule has 0 aliphatic heterocycles. The highest BCUT2D eigenvalue weighted by Crippen LogP contribution is 2.44. The van der Waals surface area contributed by atoms with Gasteiger partial charge in [0.05, 0.1) is 11.4 Å². The third-order valence-corrected chi connectivity index (χ3v) is 10.6. The van der Waals surface area contributed by atoms with Crippen LogP contribution >= 0.6 is 11.3 Å². The van der Waals surface area contributed by atoms with Crippen LogP contribution in [0.25, 0.3) is 98.3 Å². The number of aromatic nitrogens is 3. The van der Waals surface area contributed by atoms with Crippen LogP contribution in [0, 0.1) is 0 Å². The highest BCUT2D eigenvalue weighted by Gasteiger charge is 2.20. The lowest BCUT2D eigenvalue weighted by Crippen LogP contribution is -1.96. The second-order valence-electron chi connectivity index (χ2n) is 12.4. The molecule has 10 rings (SSSR count). The first-order chi connectivity index (χ1) is 24.8. The summed E-state index contributed by atoms with van der Waals surface area (Å²) in [5, 5.41) is 4.72. The summed E-state index contributed by atoms with van der Waals surface area (Å²) in [6.07, 6.45) is 3.68. The first-order valence-corrected chi connectivity index (χ1v) is 17.4. The minimum absolute atomic E-state index is 0.664. The highest BCUT2D eigenvalue weighted by atomic mass is 32.1. The second-order valence-corrected chi connectivity index (χ2v) is 13.5. The third-order valence-electron chi connectivity index (χ3n) is 9.42. The van der Waals surface area contributed by atoms with Gasteiger partial charge in [0.1, 0.15) is 11.2 Å². The first-order valence-electron chi connectivity index (χ1n) is 16.6. The van der Waals surface area contributed by atoms with Gasteiger partial charge in [-0.2, -0.15) is 0 Å². The van der Waals surface area contributed by atoms with E-state index in [-0.39, 0.29) is 0 Å². The van der Waals surface area contributed by atoms with Crippen LogP contribution in [-0.2, 0) is 0 Å². The Morgan fingerprint density at radius 1 is 0.460 bits per heavy atom. The van der Waals surface area contributed by atoms with Crippen molar-refractivity contribution < 1.29 is 4.42 Å². The Morgan fingerprint density at radius 3 is 2.02 bits per heavy atom. The molecule has 0 radical (unpaired) electrons. The van der Waals surface area contributed by atoms with E-state index >= 15 is 0 Å². The van der Waals surface area contributed by atoms with E-state index in [9.17, 15) is 0 Å². The van der Waals surface area contributed by atoms with E-state index in [0.29, 0.717) is 5.82 Å². The fraction of sp³-hybridized carbons (Fsp3) is 0. The van der Waals surface area contributed by atoms with Gasteiger partial charge in [-0.15, -0.1) is 11.3 Å². The molecule has 5 heteroatoms. The zero-order valence-electron chi connectivity index (χ0n) is 26.7. The van der Waals surface area contributed by atoms with Gasteiger partial charge in [-0.05, 0) is 64.7 Å².